The lowest BCUT2D eigenvalue weighted by Gasteiger charge is -2.26. The zero-order chi connectivity index (χ0) is 54.1. The third kappa shape index (κ3) is 7.99. The Kier molecular flexibility index (Phi) is 11.2. The van der Waals surface area contributed by atoms with E-state index in [1.165, 1.54) is 71.4 Å². The van der Waals surface area contributed by atoms with Crippen LogP contribution in [0.3, 0.4) is 0 Å². The summed E-state index contributed by atoms with van der Waals surface area (Å²) in [6.07, 6.45) is 0. The number of furan rings is 1. The molecule has 0 aliphatic heterocycles. The van der Waals surface area contributed by atoms with Crippen molar-refractivity contribution in [2.75, 3.05) is 4.90 Å². The average Bonchev–Trinajstić information content (AvgIpc) is 4.28. The lowest BCUT2D eigenvalue weighted by atomic mass is 9.98. The Balaban J connectivity index is 0.713. The van der Waals surface area contributed by atoms with Crippen molar-refractivity contribution in [3.8, 4) is 67.0 Å². The van der Waals surface area contributed by atoms with Crippen LogP contribution in [-0.4, -0.2) is 9.13 Å². The van der Waals surface area contributed by atoms with Gasteiger partial charge in [-0.2, -0.15) is 0 Å². The molecule has 13 aromatic carbocycles. The van der Waals surface area contributed by atoms with E-state index in [-0.39, 0.29) is 0 Å². The highest BCUT2D eigenvalue weighted by Crippen LogP contribution is 2.42. The van der Waals surface area contributed by atoms with Crippen molar-refractivity contribution in [2.45, 2.75) is 0 Å². The molecule has 0 atom stereocenters. The normalized spacial score (nSPS) is 11.7. The van der Waals surface area contributed by atoms with Crippen LogP contribution >= 0.6 is 0 Å². The molecule has 384 valence electrons. The molecule has 0 unspecified atom stereocenters. The van der Waals surface area contributed by atoms with Gasteiger partial charge in [0.15, 0.2) is 0 Å². The molecule has 82 heavy (non-hydrogen) atoms. The van der Waals surface area contributed by atoms with Gasteiger partial charge in [0, 0.05) is 66.3 Å². The summed E-state index contributed by atoms with van der Waals surface area (Å²) in [6, 6.07) is 112. The van der Waals surface area contributed by atoms with Crippen LogP contribution in [0.1, 0.15) is 0 Å². The molecule has 3 heterocycles. The second kappa shape index (κ2) is 19.5. The maximum absolute atomic E-state index is 6.48. The summed E-state index contributed by atoms with van der Waals surface area (Å²) >= 11 is 0. The number of benzene rings is 13. The van der Waals surface area contributed by atoms with E-state index in [1.54, 1.807) is 0 Å². The molecular formula is C78H51N3O. The van der Waals surface area contributed by atoms with Gasteiger partial charge in [-0.05, 0) is 147 Å². The first-order chi connectivity index (χ1) is 40.6. The molecule has 0 amide bonds. The SMILES string of the molecule is c1ccc(-n2c3ccccc3c3cc(-c4ccc(-c5ccc(N(c6ccc(-c7ccc(-c8ccc9c%10ccccc%10n(-c%10ccccc%10)c9c8)cc7)cc6)c6ccc(-c7cccc8c7oc7ccccc78)cc6)cc5)cc4)ccc32)cc1. The van der Waals surface area contributed by atoms with Crippen molar-refractivity contribution < 1.29 is 4.42 Å². The van der Waals surface area contributed by atoms with Crippen molar-refractivity contribution in [3.05, 3.63) is 309 Å². The maximum Gasteiger partial charge on any atom is 0.143 e. The van der Waals surface area contributed by atoms with Crippen LogP contribution in [0.4, 0.5) is 17.1 Å². The van der Waals surface area contributed by atoms with Crippen molar-refractivity contribution in [2.24, 2.45) is 0 Å². The fourth-order valence-electron chi connectivity index (χ4n) is 12.5. The maximum atomic E-state index is 6.48. The lowest BCUT2D eigenvalue weighted by molar-refractivity contribution is 0.670. The first-order valence-corrected chi connectivity index (χ1v) is 28.1. The Morgan fingerprint density at radius 2 is 0.610 bits per heavy atom. The summed E-state index contributed by atoms with van der Waals surface area (Å²) < 4.78 is 11.2. The van der Waals surface area contributed by atoms with E-state index < -0.39 is 0 Å². The fraction of sp³-hybridized carbons (Fsp3) is 0. The molecular weight excluding hydrogens is 995 g/mol. The van der Waals surface area contributed by atoms with Crippen LogP contribution in [0.5, 0.6) is 0 Å². The van der Waals surface area contributed by atoms with Crippen molar-refractivity contribution in [3.63, 3.8) is 0 Å². The third-order valence-electron chi connectivity index (χ3n) is 16.6. The zero-order valence-electron chi connectivity index (χ0n) is 44.7. The number of anilines is 3. The van der Waals surface area contributed by atoms with Crippen molar-refractivity contribution >= 4 is 82.6 Å². The van der Waals surface area contributed by atoms with Gasteiger partial charge < -0.3 is 18.5 Å². The molecule has 0 spiro atoms. The molecule has 0 saturated carbocycles. The lowest BCUT2D eigenvalue weighted by Crippen LogP contribution is -2.09. The van der Waals surface area contributed by atoms with Gasteiger partial charge in [-0.3, -0.25) is 0 Å². The fourth-order valence-corrected chi connectivity index (χ4v) is 12.5. The van der Waals surface area contributed by atoms with Crippen LogP contribution < -0.4 is 4.90 Å². The van der Waals surface area contributed by atoms with E-state index in [2.05, 4.69) is 311 Å². The number of nitrogens with zero attached hydrogens (tertiary/aromatic N) is 3. The van der Waals surface area contributed by atoms with Crippen LogP contribution in [0.25, 0.3) is 133 Å². The Bertz CT molecular complexity index is 5030. The predicted molar refractivity (Wildman–Crippen MR) is 344 cm³/mol. The summed E-state index contributed by atoms with van der Waals surface area (Å²) in [5.74, 6) is 0. The Morgan fingerprint density at radius 1 is 0.232 bits per heavy atom. The van der Waals surface area contributed by atoms with E-state index in [4.69, 9.17) is 4.42 Å². The summed E-state index contributed by atoms with van der Waals surface area (Å²) in [5, 5.41) is 7.26. The monoisotopic (exact) mass is 1050 g/mol. The summed E-state index contributed by atoms with van der Waals surface area (Å²) in [5.41, 5.74) is 23.7. The second-order valence-electron chi connectivity index (χ2n) is 21.3. The van der Waals surface area contributed by atoms with Crippen LogP contribution in [0.2, 0.25) is 0 Å². The molecule has 0 fully saturated rings. The molecule has 3 aromatic heterocycles. The molecule has 16 rings (SSSR count). The second-order valence-corrected chi connectivity index (χ2v) is 21.3. The van der Waals surface area contributed by atoms with E-state index in [0.717, 1.165) is 78.2 Å². The highest BCUT2D eigenvalue weighted by Gasteiger charge is 2.19. The standard InChI is InChI=1S/C78H51N3O/c1-3-14-61(15-4-1)80-74-24-11-8-19-68(74)72-50-59(41-49-75(72)80)56-30-26-52(27-31-56)54-34-42-63(43-35-54)79(65-46-38-58(39-47-65)66-21-13-22-71-70-20-9-12-25-77(70)82-78(66)71)64-44-36-55(37-45-64)53-28-32-57(33-29-53)60-40-48-69-67-18-7-10-23-73(67)81(76(69)51-60)62-16-5-2-6-17-62/h1-51H. The molecule has 16 aromatic rings. The van der Waals surface area contributed by atoms with Crippen LogP contribution in [-0.2, 0) is 0 Å². The molecule has 0 aliphatic carbocycles. The minimum absolute atomic E-state index is 0.898. The molecule has 0 N–H and O–H groups in total. The van der Waals surface area contributed by atoms with Crippen LogP contribution in [0.15, 0.2) is 314 Å². The summed E-state index contributed by atoms with van der Waals surface area (Å²) in [6.45, 7) is 0. The number of rotatable bonds is 10. The Morgan fingerprint density at radius 3 is 1.17 bits per heavy atom. The molecule has 0 saturated heterocycles. The van der Waals surface area contributed by atoms with Crippen LogP contribution in [0, 0.1) is 0 Å². The number of aromatic nitrogens is 2. The van der Waals surface area contributed by atoms with E-state index in [1.807, 2.05) is 12.1 Å². The highest BCUT2D eigenvalue weighted by atomic mass is 16.3. The summed E-state index contributed by atoms with van der Waals surface area (Å²) in [7, 11) is 0. The minimum Gasteiger partial charge on any atom is -0.455 e. The predicted octanol–water partition coefficient (Wildman–Crippen LogP) is 21.6. The van der Waals surface area contributed by atoms with Gasteiger partial charge in [-0.15, -0.1) is 0 Å². The molecule has 4 heteroatoms. The van der Waals surface area contributed by atoms with Gasteiger partial charge >= 0.3 is 0 Å². The number of hydrogen-bond acceptors (Lipinski definition) is 2. The number of fused-ring (bicyclic) bond motifs is 9. The van der Waals surface area contributed by atoms with E-state index in [9.17, 15) is 0 Å². The highest BCUT2D eigenvalue weighted by molar-refractivity contribution is 6.12. The third-order valence-corrected chi connectivity index (χ3v) is 16.6. The van der Waals surface area contributed by atoms with Gasteiger partial charge in [0.1, 0.15) is 11.2 Å². The molecule has 0 aliphatic rings. The number of para-hydroxylation sites is 6. The smallest absolute Gasteiger partial charge is 0.143 e. The Labute approximate surface area is 474 Å². The number of hydrogen-bond donors (Lipinski definition) is 0. The van der Waals surface area contributed by atoms with Gasteiger partial charge in [-0.1, -0.05) is 212 Å². The van der Waals surface area contributed by atoms with E-state index >= 15 is 0 Å². The molecule has 0 bridgehead atoms. The minimum atomic E-state index is 0.898. The zero-order valence-corrected chi connectivity index (χ0v) is 44.7. The first-order valence-electron chi connectivity index (χ1n) is 28.1. The quantitative estimate of drug-likeness (QED) is 0.136. The molecule has 4 nitrogen and oxygen atoms in total. The van der Waals surface area contributed by atoms with Crippen molar-refractivity contribution in [1.29, 1.82) is 0 Å². The largest absolute Gasteiger partial charge is 0.455 e. The average molecular weight is 1050 g/mol. The molecule has 0 radical (unpaired) electrons. The topological polar surface area (TPSA) is 26.2 Å². The van der Waals surface area contributed by atoms with Crippen molar-refractivity contribution in [1.82, 2.24) is 9.13 Å². The van der Waals surface area contributed by atoms with Gasteiger partial charge in [-0.25, -0.2) is 0 Å². The van der Waals surface area contributed by atoms with Gasteiger partial charge in [0.25, 0.3) is 0 Å². The Hall–Kier alpha value is -10.9. The first kappa shape index (κ1) is 47.1. The van der Waals surface area contributed by atoms with Gasteiger partial charge in [0.2, 0.25) is 0 Å². The summed E-state index contributed by atoms with van der Waals surface area (Å²) in [4.78, 5) is 2.35. The van der Waals surface area contributed by atoms with Gasteiger partial charge in [0.05, 0.1) is 22.1 Å². The van der Waals surface area contributed by atoms with E-state index in [0.29, 0.717) is 0 Å².